The third kappa shape index (κ3) is 2.67. The van der Waals surface area contributed by atoms with Gasteiger partial charge in [0, 0.05) is 19.2 Å². The molecule has 3 N–H and O–H groups in total. The highest BCUT2D eigenvalue weighted by atomic mass is 16.5. The van der Waals surface area contributed by atoms with Gasteiger partial charge in [-0.25, -0.2) is 0 Å². The molecule has 0 aliphatic carbocycles. The molecule has 0 atom stereocenters. The third-order valence-electron chi connectivity index (χ3n) is 2.85. The lowest BCUT2D eigenvalue weighted by Gasteiger charge is -2.18. The molecule has 1 aromatic carbocycles. The maximum atomic E-state index is 12.2. The number of hydrogen-bond donors (Lipinski definition) is 2. The van der Waals surface area contributed by atoms with Crippen molar-refractivity contribution in [2.24, 2.45) is 0 Å². The molecule has 6 heteroatoms. The quantitative estimate of drug-likeness (QED) is 0.867. The average molecular weight is 260 g/mol. The summed E-state index contributed by atoms with van der Waals surface area (Å²) in [5.41, 5.74) is 6.94. The van der Waals surface area contributed by atoms with E-state index in [1.807, 2.05) is 24.3 Å². The molecular formula is C13H16N4O2. The van der Waals surface area contributed by atoms with Crippen molar-refractivity contribution in [3.8, 4) is 5.75 Å². The van der Waals surface area contributed by atoms with Crippen LogP contribution in [0.2, 0.25) is 0 Å². The minimum absolute atomic E-state index is 0.183. The number of anilines is 1. The summed E-state index contributed by atoms with van der Waals surface area (Å²) in [7, 11) is 3.32. The molecule has 0 aliphatic heterocycles. The monoisotopic (exact) mass is 260 g/mol. The Morgan fingerprint density at radius 1 is 1.47 bits per heavy atom. The van der Waals surface area contributed by atoms with Gasteiger partial charge in [0.15, 0.2) is 0 Å². The maximum absolute atomic E-state index is 12.2. The number of nitrogens with zero attached hydrogens (tertiary/aromatic N) is 2. The number of carbonyl (C=O) groups is 1. The summed E-state index contributed by atoms with van der Waals surface area (Å²) in [6.07, 6.45) is 1.43. The van der Waals surface area contributed by atoms with Gasteiger partial charge in [0.05, 0.1) is 13.3 Å². The van der Waals surface area contributed by atoms with E-state index >= 15 is 0 Å². The predicted octanol–water partition coefficient (Wildman–Crippen LogP) is 1.27. The topological polar surface area (TPSA) is 84.2 Å². The lowest BCUT2D eigenvalue weighted by Crippen LogP contribution is -2.26. The van der Waals surface area contributed by atoms with Crippen molar-refractivity contribution >= 4 is 11.7 Å². The van der Waals surface area contributed by atoms with Crippen LogP contribution >= 0.6 is 0 Å². The van der Waals surface area contributed by atoms with Crippen LogP contribution in [-0.4, -0.2) is 35.2 Å². The van der Waals surface area contributed by atoms with Gasteiger partial charge in [-0.05, 0) is 6.07 Å². The molecule has 0 spiro atoms. The summed E-state index contributed by atoms with van der Waals surface area (Å²) < 4.78 is 5.26. The first-order valence-corrected chi connectivity index (χ1v) is 5.79. The smallest absolute Gasteiger partial charge is 0.259 e. The van der Waals surface area contributed by atoms with E-state index in [1.165, 1.54) is 6.20 Å². The van der Waals surface area contributed by atoms with E-state index in [0.29, 0.717) is 12.1 Å². The van der Waals surface area contributed by atoms with E-state index in [0.717, 1.165) is 11.3 Å². The van der Waals surface area contributed by atoms with Crippen LogP contribution in [0.1, 0.15) is 15.9 Å². The molecule has 0 unspecified atom stereocenters. The molecule has 0 aliphatic rings. The molecule has 2 rings (SSSR count). The molecular weight excluding hydrogens is 244 g/mol. The number of ether oxygens (including phenoxy) is 1. The van der Waals surface area contributed by atoms with E-state index in [2.05, 4.69) is 10.2 Å². The summed E-state index contributed by atoms with van der Waals surface area (Å²) in [4.78, 5) is 13.7. The van der Waals surface area contributed by atoms with Crippen molar-refractivity contribution in [1.82, 2.24) is 15.1 Å². The molecule has 2 aromatic rings. The van der Waals surface area contributed by atoms with E-state index in [4.69, 9.17) is 10.5 Å². The Labute approximate surface area is 111 Å². The molecule has 1 aromatic heterocycles. The van der Waals surface area contributed by atoms with Gasteiger partial charge in [0.25, 0.3) is 5.91 Å². The number of nitrogens with one attached hydrogen (secondary N) is 1. The zero-order chi connectivity index (χ0) is 13.8. The van der Waals surface area contributed by atoms with Crippen molar-refractivity contribution in [2.75, 3.05) is 19.9 Å². The molecule has 1 amide bonds. The number of aromatic amines is 1. The van der Waals surface area contributed by atoms with Crippen LogP contribution in [0.15, 0.2) is 30.5 Å². The van der Waals surface area contributed by atoms with Gasteiger partial charge >= 0.3 is 0 Å². The van der Waals surface area contributed by atoms with Crippen LogP contribution in [0.5, 0.6) is 5.75 Å². The Morgan fingerprint density at radius 2 is 2.21 bits per heavy atom. The molecule has 0 saturated carbocycles. The molecule has 6 nitrogen and oxygen atoms in total. The second-order valence-electron chi connectivity index (χ2n) is 4.17. The summed E-state index contributed by atoms with van der Waals surface area (Å²) >= 11 is 0. The number of hydrogen-bond acceptors (Lipinski definition) is 4. The molecule has 19 heavy (non-hydrogen) atoms. The van der Waals surface area contributed by atoms with Crippen LogP contribution in [0.4, 0.5) is 5.82 Å². The molecule has 100 valence electrons. The predicted molar refractivity (Wildman–Crippen MR) is 71.8 cm³/mol. The number of rotatable bonds is 4. The Kier molecular flexibility index (Phi) is 3.70. The largest absolute Gasteiger partial charge is 0.496 e. The number of aromatic nitrogens is 2. The molecule has 0 fully saturated rings. The molecule has 0 radical (unpaired) electrons. The number of amides is 1. The minimum Gasteiger partial charge on any atom is -0.496 e. The highest BCUT2D eigenvalue weighted by molar-refractivity contribution is 5.97. The number of H-pyrrole nitrogens is 1. The number of methoxy groups -OCH3 is 1. The first kappa shape index (κ1) is 12.9. The summed E-state index contributed by atoms with van der Waals surface area (Å²) in [5.74, 6) is 0.844. The molecule has 1 heterocycles. The van der Waals surface area contributed by atoms with E-state index in [1.54, 1.807) is 19.1 Å². The Morgan fingerprint density at radius 3 is 2.84 bits per heavy atom. The average Bonchev–Trinajstić information content (AvgIpc) is 2.84. The van der Waals surface area contributed by atoms with Crippen molar-refractivity contribution in [2.45, 2.75) is 6.54 Å². The van der Waals surface area contributed by atoms with Crippen LogP contribution < -0.4 is 10.5 Å². The summed E-state index contributed by atoms with van der Waals surface area (Å²) in [6, 6.07) is 7.57. The van der Waals surface area contributed by atoms with Gasteiger partial charge in [-0.15, -0.1) is 0 Å². The van der Waals surface area contributed by atoms with Gasteiger partial charge in [-0.1, -0.05) is 18.2 Å². The van der Waals surface area contributed by atoms with Crippen LogP contribution in [0, 0.1) is 0 Å². The second-order valence-corrected chi connectivity index (χ2v) is 4.17. The van der Waals surface area contributed by atoms with Crippen LogP contribution in [0.25, 0.3) is 0 Å². The van der Waals surface area contributed by atoms with E-state index in [-0.39, 0.29) is 11.7 Å². The Hall–Kier alpha value is -2.50. The van der Waals surface area contributed by atoms with Crippen molar-refractivity contribution in [1.29, 1.82) is 0 Å². The van der Waals surface area contributed by atoms with E-state index < -0.39 is 0 Å². The SMILES string of the molecule is COc1ccccc1CN(C)C(=O)c1cn[nH]c1N. The number of nitrogens with two attached hydrogens (primary N) is 1. The fourth-order valence-electron chi connectivity index (χ4n) is 1.83. The second kappa shape index (κ2) is 5.43. The number of nitrogen functional groups attached to an aromatic ring is 1. The van der Waals surface area contributed by atoms with Crippen LogP contribution in [-0.2, 0) is 6.54 Å². The van der Waals surface area contributed by atoms with Gasteiger partial charge in [0.2, 0.25) is 0 Å². The fourth-order valence-corrected chi connectivity index (χ4v) is 1.83. The highest BCUT2D eigenvalue weighted by Crippen LogP contribution is 2.20. The number of carbonyl (C=O) groups excluding carboxylic acids is 1. The maximum Gasteiger partial charge on any atom is 0.259 e. The number of para-hydroxylation sites is 1. The zero-order valence-corrected chi connectivity index (χ0v) is 10.9. The molecule has 0 saturated heterocycles. The van der Waals surface area contributed by atoms with Crippen molar-refractivity contribution in [3.05, 3.63) is 41.6 Å². The highest BCUT2D eigenvalue weighted by Gasteiger charge is 2.17. The Balaban J connectivity index is 2.15. The normalized spacial score (nSPS) is 10.2. The van der Waals surface area contributed by atoms with Gasteiger partial charge in [-0.2, -0.15) is 5.10 Å². The lowest BCUT2D eigenvalue weighted by molar-refractivity contribution is 0.0785. The molecule has 0 bridgehead atoms. The van der Waals surface area contributed by atoms with Gasteiger partial charge < -0.3 is 15.4 Å². The van der Waals surface area contributed by atoms with E-state index in [9.17, 15) is 4.79 Å². The first-order valence-electron chi connectivity index (χ1n) is 5.79. The summed E-state index contributed by atoms with van der Waals surface area (Å²) in [5, 5.41) is 6.29. The summed E-state index contributed by atoms with van der Waals surface area (Å²) in [6.45, 7) is 0.438. The standard InChI is InChI=1S/C13H16N4O2/c1-17(13(18)10-7-15-16-12(10)14)8-9-5-3-4-6-11(9)19-2/h3-7H,8H2,1-2H3,(H3,14,15,16). The zero-order valence-electron chi connectivity index (χ0n) is 10.9. The van der Waals surface area contributed by atoms with Crippen LogP contribution in [0.3, 0.4) is 0 Å². The first-order chi connectivity index (χ1) is 9.13. The third-order valence-corrected chi connectivity index (χ3v) is 2.85. The Bertz CT molecular complexity index is 580. The van der Waals surface area contributed by atoms with Gasteiger partial charge in [-0.3, -0.25) is 9.89 Å². The van der Waals surface area contributed by atoms with Crippen molar-refractivity contribution < 1.29 is 9.53 Å². The number of benzene rings is 1. The van der Waals surface area contributed by atoms with Gasteiger partial charge in [0.1, 0.15) is 17.1 Å². The minimum atomic E-state index is -0.183. The fraction of sp³-hybridized carbons (Fsp3) is 0.231. The van der Waals surface area contributed by atoms with Crippen molar-refractivity contribution in [3.63, 3.8) is 0 Å². The lowest BCUT2D eigenvalue weighted by atomic mass is 10.2.